The van der Waals surface area contributed by atoms with E-state index < -0.39 is 22.5 Å². The van der Waals surface area contributed by atoms with Crippen molar-refractivity contribution < 1.29 is 28.6 Å². The van der Waals surface area contributed by atoms with Crippen LogP contribution in [0.25, 0.3) is 0 Å². The van der Waals surface area contributed by atoms with Crippen molar-refractivity contribution in [2.24, 2.45) is 0 Å². The van der Waals surface area contributed by atoms with Gasteiger partial charge in [-0.1, -0.05) is 0 Å². The first-order valence-electron chi connectivity index (χ1n) is 7.72. The van der Waals surface area contributed by atoms with Crippen LogP contribution in [0.5, 0.6) is 5.75 Å². The Balaban J connectivity index is 2.00. The first kappa shape index (κ1) is 19.3. The molecule has 2 aromatic rings. The summed E-state index contributed by atoms with van der Waals surface area (Å²) in [5.41, 5.74) is 0.285. The molecular formula is C17H18F2N3O4+. The minimum absolute atomic E-state index is 0.0506. The van der Waals surface area contributed by atoms with Crippen LogP contribution in [-0.2, 0) is 4.79 Å². The fourth-order valence-electron chi connectivity index (χ4n) is 2.31. The monoisotopic (exact) mass is 366 g/mol. The SMILES string of the molecule is COc1ccc(NC(=O)C[NH2+][C@@H](C)c2ccc(F)c(F)c2)c([N+](=O)[O-])c1. The number of amides is 1. The number of carbonyl (C=O) groups excluding carboxylic acids is 1. The molecule has 0 bridgehead atoms. The number of nitro groups is 1. The molecule has 0 heterocycles. The van der Waals surface area contributed by atoms with Crippen molar-refractivity contribution in [3.05, 3.63) is 63.7 Å². The number of nitrogens with zero attached hydrogens (tertiary/aromatic N) is 1. The smallest absolute Gasteiger partial charge is 0.296 e. The van der Waals surface area contributed by atoms with E-state index in [0.29, 0.717) is 11.3 Å². The fourth-order valence-corrected chi connectivity index (χ4v) is 2.31. The highest BCUT2D eigenvalue weighted by Crippen LogP contribution is 2.28. The lowest BCUT2D eigenvalue weighted by molar-refractivity contribution is -0.682. The Morgan fingerprint density at radius 3 is 2.62 bits per heavy atom. The molecule has 138 valence electrons. The van der Waals surface area contributed by atoms with Crippen molar-refractivity contribution in [2.45, 2.75) is 13.0 Å². The Bertz CT molecular complexity index is 830. The van der Waals surface area contributed by atoms with Crippen LogP contribution in [0.3, 0.4) is 0 Å². The number of nitro benzene ring substituents is 1. The van der Waals surface area contributed by atoms with Crippen LogP contribution in [-0.4, -0.2) is 24.5 Å². The lowest BCUT2D eigenvalue weighted by Crippen LogP contribution is -2.86. The molecule has 0 aromatic heterocycles. The minimum atomic E-state index is -0.957. The van der Waals surface area contributed by atoms with E-state index in [4.69, 9.17) is 4.74 Å². The Hall–Kier alpha value is -3.07. The first-order chi connectivity index (χ1) is 12.3. The number of carbonyl (C=O) groups is 1. The number of halogens is 2. The molecular weight excluding hydrogens is 348 g/mol. The number of anilines is 1. The van der Waals surface area contributed by atoms with Crippen molar-refractivity contribution >= 4 is 17.3 Å². The van der Waals surface area contributed by atoms with Gasteiger partial charge in [0, 0.05) is 5.56 Å². The van der Waals surface area contributed by atoms with E-state index >= 15 is 0 Å². The average molecular weight is 366 g/mol. The number of ether oxygens (including phenoxy) is 1. The summed E-state index contributed by atoms with van der Waals surface area (Å²) in [4.78, 5) is 22.6. The van der Waals surface area contributed by atoms with E-state index in [9.17, 15) is 23.7 Å². The fraction of sp³-hybridized carbons (Fsp3) is 0.235. The van der Waals surface area contributed by atoms with Gasteiger partial charge in [0.25, 0.3) is 11.6 Å². The zero-order chi connectivity index (χ0) is 19.3. The third-order valence-corrected chi connectivity index (χ3v) is 3.80. The summed E-state index contributed by atoms with van der Waals surface area (Å²) in [5, 5.41) is 15.2. The van der Waals surface area contributed by atoms with Crippen molar-refractivity contribution in [2.75, 3.05) is 19.0 Å². The number of quaternary nitrogens is 1. The van der Waals surface area contributed by atoms with Gasteiger partial charge in [0.2, 0.25) is 0 Å². The number of hydrogen-bond donors (Lipinski definition) is 2. The molecule has 2 aromatic carbocycles. The lowest BCUT2D eigenvalue weighted by Gasteiger charge is -2.12. The second kappa shape index (κ2) is 8.34. The predicted octanol–water partition coefficient (Wildman–Crippen LogP) is 2.14. The molecule has 1 atom stereocenters. The van der Waals surface area contributed by atoms with Gasteiger partial charge in [0.1, 0.15) is 17.5 Å². The zero-order valence-electron chi connectivity index (χ0n) is 14.2. The molecule has 9 heteroatoms. The molecule has 1 amide bonds. The number of hydrogen-bond acceptors (Lipinski definition) is 4. The molecule has 0 saturated heterocycles. The van der Waals surface area contributed by atoms with Crippen LogP contribution in [0.1, 0.15) is 18.5 Å². The third-order valence-electron chi connectivity index (χ3n) is 3.80. The van der Waals surface area contributed by atoms with E-state index in [2.05, 4.69) is 5.32 Å². The highest BCUT2D eigenvalue weighted by atomic mass is 19.2. The topological polar surface area (TPSA) is 98.1 Å². The molecule has 0 fully saturated rings. The number of rotatable bonds is 7. The zero-order valence-corrected chi connectivity index (χ0v) is 14.2. The Morgan fingerprint density at radius 1 is 1.27 bits per heavy atom. The van der Waals surface area contributed by atoms with E-state index in [1.807, 2.05) is 0 Å². The molecule has 0 spiro atoms. The second-order valence-electron chi connectivity index (χ2n) is 5.59. The summed E-state index contributed by atoms with van der Waals surface area (Å²) in [5.74, 6) is -2.06. The maximum atomic E-state index is 13.3. The summed E-state index contributed by atoms with van der Waals surface area (Å²) < 4.78 is 31.2. The van der Waals surface area contributed by atoms with Crippen LogP contribution >= 0.6 is 0 Å². The van der Waals surface area contributed by atoms with Gasteiger partial charge in [0.15, 0.2) is 18.2 Å². The van der Waals surface area contributed by atoms with Crippen molar-refractivity contribution in [1.82, 2.24) is 0 Å². The summed E-state index contributed by atoms with van der Waals surface area (Å²) in [6.07, 6.45) is 0. The van der Waals surface area contributed by atoms with Crippen molar-refractivity contribution in [1.29, 1.82) is 0 Å². The quantitative estimate of drug-likeness (QED) is 0.579. The third kappa shape index (κ3) is 4.73. The number of methoxy groups -OCH3 is 1. The molecule has 0 aliphatic carbocycles. The predicted molar refractivity (Wildman–Crippen MR) is 89.8 cm³/mol. The van der Waals surface area contributed by atoms with Crippen molar-refractivity contribution in [3.8, 4) is 5.75 Å². The highest BCUT2D eigenvalue weighted by Gasteiger charge is 2.19. The summed E-state index contributed by atoms with van der Waals surface area (Å²) >= 11 is 0. The number of nitrogens with one attached hydrogen (secondary N) is 1. The van der Waals surface area contributed by atoms with Crippen LogP contribution in [0.2, 0.25) is 0 Å². The molecule has 0 radical (unpaired) electrons. The van der Waals surface area contributed by atoms with Crippen LogP contribution in [0.15, 0.2) is 36.4 Å². The van der Waals surface area contributed by atoms with Gasteiger partial charge < -0.3 is 15.4 Å². The molecule has 0 unspecified atom stereocenters. The second-order valence-corrected chi connectivity index (χ2v) is 5.59. The average Bonchev–Trinajstić information content (AvgIpc) is 2.62. The maximum absolute atomic E-state index is 13.3. The van der Waals surface area contributed by atoms with Gasteiger partial charge >= 0.3 is 0 Å². The Labute approximate surface area is 148 Å². The van der Waals surface area contributed by atoms with Crippen molar-refractivity contribution in [3.63, 3.8) is 0 Å². The molecule has 0 aliphatic rings. The first-order valence-corrected chi connectivity index (χ1v) is 7.72. The molecule has 2 rings (SSSR count). The van der Waals surface area contributed by atoms with E-state index in [-0.39, 0.29) is 24.0 Å². The van der Waals surface area contributed by atoms with Gasteiger partial charge in [0.05, 0.1) is 18.1 Å². The number of nitrogens with two attached hydrogens (primary N) is 1. The normalized spacial score (nSPS) is 11.7. The number of benzene rings is 2. The maximum Gasteiger partial charge on any atom is 0.296 e. The molecule has 7 nitrogen and oxygen atoms in total. The Kier molecular flexibility index (Phi) is 6.18. The van der Waals surface area contributed by atoms with E-state index in [1.54, 1.807) is 12.2 Å². The van der Waals surface area contributed by atoms with Crippen LogP contribution in [0.4, 0.5) is 20.2 Å². The van der Waals surface area contributed by atoms with Gasteiger partial charge in [-0.05, 0) is 37.3 Å². The lowest BCUT2D eigenvalue weighted by atomic mass is 10.1. The van der Waals surface area contributed by atoms with Gasteiger partial charge in [-0.3, -0.25) is 14.9 Å². The highest BCUT2D eigenvalue weighted by molar-refractivity contribution is 5.93. The van der Waals surface area contributed by atoms with Gasteiger partial charge in [-0.15, -0.1) is 0 Å². The van der Waals surface area contributed by atoms with Gasteiger partial charge in [-0.25, -0.2) is 8.78 Å². The molecule has 3 N–H and O–H groups in total. The molecule has 0 aliphatic heterocycles. The standard InChI is InChI=1S/C17H17F2N3O4/c1-10(11-3-5-13(18)14(19)7-11)20-9-17(23)21-15-6-4-12(26-2)8-16(15)22(24)25/h3-8,10,20H,9H2,1-2H3,(H,21,23)/p+1/t10-/m0/s1. The van der Waals surface area contributed by atoms with Gasteiger partial charge in [-0.2, -0.15) is 0 Å². The van der Waals surface area contributed by atoms with Crippen LogP contribution in [0, 0.1) is 21.7 Å². The van der Waals surface area contributed by atoms with E-state index in [0.717, 1.165) is 12.1 Å². The largest absolute Gasteiger partial charge is 0.496 e. The molecule has 26 heavy (non-hydrogen) atoms. The van der Waals surface area contributed by atoms with Crippen LogP contribution < -0.4 is 15.4 Å². The molecule has 0 saturated carbocycles. The minimum Gasteiger partial charge on any atom is -0.496 e. The Morgan fingerprint density at radius 2 is 2.00 bits per heavy atom. The summed E-state index contributed by atoms with van der Waals surface area (Å²) in [6.45, 7) is 1.68. The summed E-state index contributed by atoms with van der Waals surface area (Å²) in [7, 11) is 1.38. The van der Waals surface area contributed by atoms with E-state index in [1.165, 1.54) is 31.4 Å². The summed E-state index contributed by atoms with van der Waals surface area (Å²) in [6, 6.07) is 7.32.